The molecule has 0 amide bonds. The Morgan fingerprint density at radius 2 is 1.93 bits per heavy atom. The summed E-state index contributed by atoms with van der Waals surface area (Å²) in [6, 6.07) is 5.90. The molecule has 0 bridgehead atoms. The highest BCUT2D eigenvalue weighted by Crippen LogP contribution is 2.39. The van der Waals surface area contributed by atoms with Gasteiger partial charge in [-0.1, -0.05) is 6.07 Å². The molecule has 4 N–H and O–H groups in total. The van der Waals surface area contributed by atoms with Crippen molar-refractivity contribution in [2.45, 2.75) is 24.8 Å². The highest BCUT2D eigenvalue weighted by atomic mass is 16.1. The molecule has 0 unspecified atom stereocenters. The summed E-state index contributed by atoms with van der Waals surface area (Å²) >= 11 is 0. The number of aromatic amines is 2. The highest BCUT2D eigenvalue weighted by Gasteiger charge is 2.34. The van der Waals surface area contributed by atoms with Crippen molar-refractivity contribution in [3.63, 3.8) is 0 Å². The normalized spacial score (nSPS) is 19.0. The fourth-order valence-corrected chi connectivity index (χ4v) is 2.19. The average Bonchev–Trinajstić information content (AvgIpc) is 2.53. The minimum atomic E-state index is -0.165. The summed E-state index contributed by atoms with van der Waals surface area (Å²) in [5.74, 6) is 0. The number of imidazole rings is 1. The SMILES string of the molecule is NC1(c2ccc3[nH]c(=O)[nH]c3c2)CCC1. The second-order valence-corrected chi connectivity index (χ2v) is 4.35. The molecule has 1 aromatic carbocycles. The summed E-state index contributed by atoms with van der Waals surface area (Å²) in [6.07, 6.45) is 3.26. The Labute approximate surface area is 86.5 Å². The van der Waals surface area contributed by atoms with Crippen molar-refractivity contribution in [2.24, 2.45) is 5.73 Å². The maximum atomic E-state index is 11.1. The molecular formula is C11H13N3O. The summed E-state index contributed by atoms with van der Waals surface area (Å²) in [5, 5.41) is 0. The molecule has 1 aliphatic carbocycles. The first-order chi connectivity index (χ1) is 7.17. The number of hydrogen-bond donors (Lipinski definition) is 3. The van der Waals surface area contributed by atoms with Gasteiger partial charge in [0, 0.05) is 5.54 Å². The summed E-state index contributed by atoms with van der Waals surface area (Å²) in [4.78, 5) is 16.6. The number of benzene rings is 1. The van der Waals surface area contributed by atoms with Crippen molar-refractivity contribution < 1.29 is 0 Å². The van der Waals surface area contributed by atoms with Crippen LogP contribution >= 0.6 is 0 Å². The van der Waals surface area contributed by atoms with Gasteiger partial charge >= 0.3 is 5.69 Å². The van der Waals surface area contributed by atoms with Crippen LogP contribution in [-0.4, -0.2) is 9.97 Å². The van der Waals surface area contributed by atoms with Gasteiger partial charge in [0.15, 0.2) is 0 Å². The van der Waals surface area contributed by atoms with E-state index in [1.807, 2.05) is 18.2 Å². The van der Waals surface area contributed by atoms with Crippen LogP contribution in [0.5, 0.6) is 0 Å². The van der Waals surface area contributed by atoms with Gasteiger partial charge < -0.3 is 15.7 Å². The Morgan fingerprint density at radius 1 is 1.20 bits per heavy atom. The van der Waals surface area contributed by atoms with Crippen molar-refractivity contribution in [1.29, 1.82) is 0 Å². The molecule has 1 aromatic heterocycles. The molecule has 1 fully saturated rings. The fraction of sp³-hybridized carbons (Fsp3) is 0.364. The van der Waals surface area contributed by atoms with Crippen LogP contribution in [-0.2, 0) is 5.54 Å². The predicted molar refractivity (Wildman–Crippen MR) is 58.6 cm³/mol. The van der Waals surface area contributed by atoms with E-state index in [4.69, 9.17) is 5.73 Å². The number of aromatic nitrogens is 2. The molecular weight excluding hydrogens is 190 g/mol. The van der Waals surface area contributed by atoms with E-state index in [1.165, 1.54) is 6.42 Å². The van der Waals surface area contributed by atoms with E-state index >= 15 is 0 Å². The molecule has 0 spiro atoms. The predicted octanol–water partition coefficient (Wildman–Crippen LogP) is 1.19. The molecule has 1 heterocycles. The topological polar surface area (TPSA) is 74.7 Å². The van der Waals surface area contributed by atoms with Crippen molar-refractivity contribution >= 4 is 11.0 Å². The number of nitrogens with one attached hydrogen (secondary N) is 2. The highest BCUT2D eigenvalue weighted by molar-refractivity contribution is 5.75. The van der Waals surface area contributed by atoms with Gasteiger partial charge in [0.2, 0.25) is 0 Å². The number of H-pyrrole nitrogens is 2. The monoisotopic (exact) mass is 203 g/mol. The first kappa shape index (κ1) is 8.73. The first-order valence-electron chi connectivity index (χ1n) is 5.19. The van der Waals surface area contributed by atoms with Crippen LogP contribution in [0.15, 0.2) is 23.0 Å². The van der Waals surface area contributed by atoms with E-state index in [9.17, 15) is 4.79 Å². The lowest BCUT2D eigenvalue weighted by Gasteiger charge is -2.38. The third kappa shape index (κ3) is 1.22. The van der Waals surface area contributed by atoms with Gasteiger partial charge in [-0.05, 0) is 37.0 Å². The van der Waals surface area contributed by atoms with Crippen LogP contribution in [0.1, 0.15) is 24.8 Å². The van der Waals surface area contributed by atoms with Gasteiger partial charge in [-0.2, -0.15) is 0 Å². The van der Waals surface area contributed by atoms with Gasteiger partial charge in [-0.3, -0.25) is 0 Å². The van der Waals surface area contributed by atoms with E-state index in [-0.39, 0.29) is 11.2 Å². The zero-order valence-corrected chi connectivity index (χ0v) is 8.34. The van der Waals surface area contributed by atoms with E-state index in [1.54, 1.807) is 0 Å². The largest absolute Gasteiger partial charge is 0.323 e. The van der Waals surface area contributed by atoms with Gasteiger partial charge in [0.1, 0.15) is 0 Å². The average molecular weight is 203 g/mol. The van der Waals surface area contributed by atoms with Crippen molar-refractivity contribution in [3.8, 4) is 0 Å². The Bertz CT molecular complexity index is 562. The first-order valence-corrected chi connectivity index (χ1v) is 5.19. The molecule has 3 rings (SSSR count). The minimum absolute atomic E-state index is 0.164. The summed E-state index contributed by atoms with van der Waals surface area (Å²) in [7, 11) is 0. The van der Waals surface area contributed by atoms with E-state index < -0.39 is 0 Å². The lowest BCUT2D eigenvalue weighted by atomic mass is 9.73. The van der Waals surface area contributed by atoms with Crippen molar-refractivity contribution in [1.82, 2.24) is 9.97 Å². The quantitative estimate of drug-likeness (QED) is 0.651. The second-order valence-electron chi connectivity index (χ2n) is 4.35. The number of hydrogen-bond acceptors (Lipinski definition) is 2. The van der Waals surface area contributed by atoms with Crippen LogP contribution < -0.4 is 11.4 Å². The van der Waals surface area contributed by atoms with Gasteiger partial charge in [-0.15, -0.1) is 0 Å². The Morgan fingerprint density at radius 3 is 2.60 bits per heavy atom. The van der Waals surface area contributed by atoms with E-state index in [0.717, 1.165) is 29.4 Å². The fourth-order valence-electron chi connectivity index (χ4n) is 2.19. The van der Waals surface area contributed by atoms with Crippen LogP contribution in [0.2, 0.25) is 0 Å². The minimum Gasteiger partial charge on any atom is -0.321 e. The zero-order valence-electron chi connectivity index (χ0n) is 8.34. The van der Waals surface area contributed by atoms with Crippen LogP contribution in [0, 0.1) is 0 Å². The van der Waals surface area contributed by atoms with Gasteiger partial charge in [0.05, 0.1) is 11.0 Å². The third-order valence-electron chi connectivity index (χ3n) is 3.34. The summed E-state index contributed by atoms with van der Waals surface area (Å²) in [6.45, 7) is 0. The van der Waals surface area contributed by atoms with E-state index in [0.29, 0.717) is 0 Å². The van der Waals surface area contributed by atoms with Crippen LogP contribution in [0.4, 0.5) is 0 Å². The third-order valence-corrected chi connectivity index (χ3v) is 3.34. The maximum Gasteiger partial charge on any atom is 0.323 e. The number of fused-ring (bicyclic) bond motifs is 1. The second kappa shape index (κ2) is 2.73. The lowest BCUT2D eigenvalue weighted by Crippen LogP contribution is -2.43. The van der Waals surface area contributed by atoms with Gasteiger partial charge in [-0.25, -0.2) is 4.79 Å². The maximum absolute atomic E-state index is 11.1. The standard InChI is InChI=1S/C11H13N3O/c12-11(4-1-5-11)7-2-3-8-9(6-7)14-10(15)13-8/h2-3,6H,1,4-5,12H2,(H2,13,14,15). The number of rotatable bonds is 1. The molecule has 78 valence electrons. The lowest BCUT2D eigenvalue weighted by molar-refractivity contribution is 0.254. The van der Waals surface area contributed by atoms with E-state index in [2.05, 4.69) is 9.97 Å². The molecule has 4 nitrogen and oxygen atoms in total. The molecule has 0 atom stereocenters. The molecule has 1 saturated carbocycles. The molecule has 2 aromatic rings. The summed E-state index contributed by atoms with van der Waals surface area (Å²) < 4.78 is 0. The summed E-state index contributed by atoms with van der Waals surface area (Å²) in [5.41, 5.74) is 8.69. The van der Waals surface area contributed by atoms with Gasteiger partial charge in [0.25, 0.3) is 0 Å². The molecule has 15 heavy (non-hydrogen) atoms. The number of nitrogens with two attached hydrogens (primary N) is 1. The van der Waals surface area contributed by atoms with Crippen LogP contribution in [0.3, 0.4) is 0 Å². The molecule has 0 aliphatic heterocycles. The van der Waals surface area contributed by atoms with Crippen molar-refractivity contribution in [3.05, 3.63) is 34.2 Å². The molecule has 0 saturated heterocycles. The molecule has 4 heteroatoms. The smallest absolute Gasteiger partial charge is 0.321 e. The Kier molecular flexibility index (Phi) is 1.59. The molecule has 0 radical (unpaired) electrons. The van der Waals surface area contributed by atoms with Crippen LogP contribution in [0.25, 0.3) is 11.0 Å². The Hall–Kier alpha value is -1.55. The Balaban J connectivity index is 2.17. The zero-order chi connectivity index (χ0) is 10.5. The molecule has 1 aliphatic rings. The van der Waals surface area contributed by atoms with Crippen molar-refractivity contribution in [2.75, 3.05) is 0 Å².